The quantitative estimate of drug-likeness (QED) is 0.154. The molecule has 0 unspecified atom stereocenters. The molecule has 0 aliphatic carbocycles. The van der Waals surface area contributed by atoms with Gasteiger partial charge in [-0.15, -0.1) is 6.58 Å². The van der Waals surface area contributed by atoms with E-state index in [1.165, 1.54) is 0 Å². The fourth-order valence-electron chi connectivity index (χ4n) is 2.72. The Morgan fingerprint density at radius 3 is 2.20 bits per heavy atom. The van der Waals surface area contributed by atoms with Crippen molar-refractivity contribution in [1.29, 1.82) is 5.41 Å². The molecule has 30 heavy (non-hydrogen) atoms. The van der Waals surface area contributed by atoms with Crippen molar-refractivity contribution in [2.45, 2.75) is 32.7 Å². The Bertz CT molecular complexity index is 972. The Labute approximate surface area is 177 Å². The van der Waals surface area contributed by atoms with Crippen LogP contribution in [-0.4, -0.2) is 23.3 Å². The van der Waals surface area contributed by atoms with Gasteiger partial charge in [0.1, 0.15) is 11.6 Å². The molecule has 2 aromatic carbocycles. The SMILES string of the molecule is C=CCC(C)(C)NC(=O)/C(C)=C/c1ccc(C(=O)Oc2ccc(C(=N)N)cc2)cc1. The molecule has 0 atom stereocenters. The van der Waals surface area contributed by atoms with Crippen LogP contribution in [0.2, 0.25) is 0 Å². The van der Waals surface area contributed by atoms with Crippen molar-refractivity contribution >= 4 is 23.8 Å². The van der Waals surface area contributed by atoms with Gasteiger partial charge in [-0.3, -0.25) is 10.2 Å². The highest BCUT2D eigenvalue weighted by Crippen LogP contribution is 2.16. The number of nitrogens with one attached hydrogen (secondary N) is 2. The summed E-state index contributed by atoms with van der Waals surface area (Å²) < 4.78 is 5.33. The second-order valence-electron chi connectivity index (χ2n) is 7.61. The third kappa shape index (κ3) is 6.44. The number of ether oxygens (including phenoxy) is 1. The number of esters is 1. The second-order valence-corrected chi connectivity index (χ2v) is 7.61. The molecule has 0 radical (unpaired) electrons. The van der Waals surface area contributed by atoms with E-state index in [2.05, 4.69) is 11.9 Å². The average molecular weight is 405 g/mol. The summed E-state index contributed by atoms with van der Waals surface area (Å²) in [5.41, 5.74) is 7.34. The maximum absolute atomic E-state index is 12.4. The first-order valence-corrected chi connectivity index (χ1v) is 9.50. The second kappa shape index (κ2) is 9.69. The van der Waals surface area contributed by atoms with E-state index in [0.717, 1.165) is 5.56 Å². The van der Waals surface area contributed by atoms with Crippen LogP contribution in [0.3, 0.4) is 0 Å². The van der Waals surface area contributed by atoms with Crippen molar-refractivity contribution < 1.29 is 14.3 Å². The maximum Gasteiger partial charge on any atom is 0.343 e. The van der Waals surface area contributed by atoms with Gasteiger partial charge in [0.2, 0.25) is 5.91 Å². The van der Waals surface area contributed by atoms with Gasteiger partial charge in [0.05, 0.1) is 5.56 Å². The van der Waals surface area contributed by atoms with Crippen LogP contribution in [0.5, 0.6) is 5.75 Å². The van der Waals surface area contributed by atoms with Crippen molar-refractivity contribution in [2.75, 3.05) is 0 Å². The number of amidine groups is 1. The lowest BCUT2D eigenvalue weighted by Gasteiger charge is -2.24. The standard InChI is InChI=1S/C24H27N3O3/c1-5-14-24(3,4)27-22(28)16(2)15-17-6-8-19(9-7-17)23(29)30-20-12-10-18(11-13-20)21(25)26/h5-13,15H,1,14H2,2-4H3,(H3,25,26)(H,27,28)/b16-15+. The largest absolute Gasteiger partial charge is 0.423 e. The first-order valence-electron chi connectivity index (χ1n) is 9.50. The molecule has 0 aliphatic heterocycles. The maximum atomic E-state index is 12.4. The predicted octanol–water partition coefficient (Wildman–Crippen LogP) is 4.06. The summed E-state index contributed by atoms with van der Waals surface area (Å²) in [5, 5.41) is 10.3. The number of carbonyl (C=O) groups excluding carboxylic acids is 2. The molecular formula is C24H27N3O3. The first kappa shape index (κ1) is 22.6. The monoisotopic (exact) mass is 405 g/mol. The smallest absolute Gasteiger partial charge is 0.343 e. The minimum Gasteiger partial charge on any atom is -0.423 e. The van der Waals surface area contributed by atoms with Crippen molar-refractivity contribution in [3.05, 3.63) is 83.4 Å². The number of hydrogen-bond donors (Lipinski definition) is 3. The van der Waals surface area contributed by atoms with E-state index in [9.17, 15) is 9.59 Å². The van der Waals surface area contributed by atoms with E-state index in [4.69, 9.17) is 15.9 Å². The highest BCUT2D eigenvalue weighted by Gasteiger charge is 2.19. The number of benzene rings is 2. The molecule has 4 N–H and O–H groups in total. The van der Waals surface area contributed by atoms with Gasteiger partial charge in [-0.05, 0) is 75.2 Å². The highest BCUT2D eigenvalue weighted by molar-refractivity contribution is 5.98. The summed E-state index contributed by atoms with van der Waals surface area (Å²) in [6.07, 6.45) is 4.20. The van der Waals surface area contributed by atoms with Crippen LogP contribution in [-0.2, 0) is 4.79 Å². The molecular weight excluding hydrogens is 378 g/mol. The average Bonchev–Trinajstić information content (AvgIpc) is 2.68. The summed E-state index contributed by atoms with van der Waals surface area (Å²) in [5.74, 6) is -0.338. The lowest BCUT2D eigenvalue weighted by molar-refractivity contribution is -0.118. The van der Waals surface area contributed by atoms with Crippen LogP contribution < -0.4 is 15.8 Å². The van der Waals surface area contributed by atoms with Gasteiger partial charge < -0.3 is 15.8 Å². The number of hydrogen-bond acceptors (Lipinski definition) is 4. The summed E-state index contributed by atoms with van der Waals surface area (Å²) in [7, 11) is 0. The molecule has 6 heteroatoms. The zero-order chi connectivity index (χ0) is 22.3. The molecule has 2 rings (SSSR count). The lowest BCUT2D eigenvalue weighted by Crippen LogP contribution is -2.43. The summed E-state index contributed by atoms with van der Waals surface area (Å²) in [6.45, 7) is 9.33. The van der Waals surface area contributed by atoms with Gasteiger partial charge >= 0.3 is 5.97 Å². The predicted molar refractivity (Wildman–Crippen MR) is 120 cm³/mol. The Morgan fingerprint density at radius 1 is 1.10 bits per heavy atom. The molecule has 0 heterocycles. The fraction of sp³-hybridized carbons (Fsp3) is 0.208. The van der Waals surface area contributed by atoms with Crippen molar-refractivity contribution in [2.24, 2.45) is 5.73 Å². The van der Waals surface area contributed by atoms with E-state index >= 15 is 0 Å². The third-order valence-corrected chi connectivity index (χ3v) is 4.37. The van der Waals surface area contributed by atoms with Gasteiger partial charge in [-0.2, -0.15) is 0 Å². The van der Waals surface area contributed by atoms with Gasteiger partial charge in [-0.25, -0.2) is 4.79 Å². The molecule has 2 aromatic rings. The topological polar surface area (TPSA) is 105 Å². The summed E-state index contributed by atoms with van der Waals surface area (Å²) >= 11 is 0. The van der Waals surface area contributed by atoms with E-state index in [1.54, 1.807) is 67.6 Å². The van der Waals surface area contributed by atoms with E-state index in [0.29, 0.717) is 28.9 Å². The number of rotatable bonds is 8. The van der Waals surface area contributed by atoms with E-state index in [-0.39, 0.29) is 17.3 Å². The Hall–Kier alpha value is -3.67. The molecule has 0 saturated heterocycles. The van der Waals surface area contributed by atoms with Gasteiger partial charge in [0.25, 0.3) is 0 Å². The Balaban J connectivity index is 2.03. The van der Waals surface area contributed by atoms with Crippen LogP contribution in [0.4, 0.5) is 0 Å². The molecule has 0 aliphatic rings. The number of carbonyl (C=O) groups is 2. The van der Waals surface area contributed by atoms with Gasteiger partial charge in [0, 0.05) is 16.7 Å². The van der Waals surface area contributed by atoms with Gasteiger partial charge in [0.15, 0.2) is 0 Å². The van der Waals surface area contributed by atoms with Crippen LogP contribution in [0.25, 0.3) is 6.08 Å². The van der Waals surface area contributed by atoms with Crippen LogP contribution >= 0.6 is 0 Å². The van der Waals surface area contributed by atoms with Crippen LogP contribution in [0.1, 0.15) is 48.7 Å². The first-order chi connectivity index (χ1) is 14.1. The molecule has 0 fully saturated rings. The van der Waals surface area contributed by atoms with E-state index in [1.807, 2.05) is 13.8 Å². The normalized spacial score (nSPS) is 11.5. The van der Waals surface area contributed by atoms with Crippen molar-refractivity contribution in [3.63, 3.8) is 0 Å². The van der Waals surface area contributed by atoms with Crippen LogP contribution in [0, 0.1) is 5.41 Å². The lowest BCUT2D eigenvalue weighted by atomic mass is 10.00. The fourth-order valence-corrected chi connectivity index (χ4v) is 2.72. The molecule has 0 aromatic heterocycles. The summed E-state index contributed by atoms with van der Waals surface area (Å²) in [4.78, 5) is 24.7. The Morgan fingerprint density at radius 2 is 1.67 bits per heavy atom. The molecule has 1 amide bonds. The van der Waals surface area contributed by atoms with Gasteiger partial charge in [-0.1, -0.05) is 18.2 Å². The van der Waals surface area contributed by atoms with Crippen LogP contribution in [0.15, 0.2) is 66.8 Å². The number of nitrogens with two attached hydrogens (primary N) is 1. The number of nitrogen functional groups attached to an aromatic ring is 1. The molecule has 0 saturated carbocycles. The van der Waals surface area contributed by atoms with Crippen molar-refractivity contribution in [1.82, 2.24) is 5.32 Å². The minimum atomic E-state index is -0.498. The molecule has 156 valence electrons. The highest BCUT2D eigenvalue weighted by atomic mass is 16.5. The minimum absolute atomic E-state index is 0.0511. The summed E-state index contributed by atoms with van der Waals surface area (Å²) in [6, 6.07) is 13.2. The zero-order valence-electron chi connectivity index (χ0n) is 17.5. The Kier molecular flexibility index (Phi) is 7.31. The molecule has 0 spiro atoms. The molecule has 0 bridgehead atoms. The third-order valence-electron chi connectivity index (χ3n) is 4.37. The molecule has 6 nitrogen and oxygen atoms in total. The number of amides is 1. The van der Waals surface area contributed by atoms with E-state index < -0.39 is 5.97 Å². The van der Waals surface area contributed by atoms with Crippen molar-refractivity contribution in [3.8, 4) is 5.75 Å². The zero-order valence-corrected chi connectivity index (χ0v) is 17.5.